The van der Waals surface area contributed by atoms with Crippen molar-refractivity contribution in [3.63, 3.8) is 0 Å². The summed E-state index contributed by atoms with van der Waals surface area (Å²) in [6, 6.07) is 19.7. The molecule has 234 valence electrons. The molecule has 0 aromatic heterocycles. The van der Waals surface area contributed by atoms with E-state index in [0.29, 0.717) is 22.7 Å². The molecule has 2 amide bonds. The summed E-state index contributed by atoms with van der Waals surface area (Å²) in [5.74, 6) is -0.133. The second-order valence-corrected chi connectivity index (χ2v) is 13.2. The van der Waals surface area contributed by atoms with Gasteiger partial charge >= 0.3 is 0 Å². The van der Waals surface area contributed by atoms with Crippen molar-refractivity contribution in [2.75, 3.05) is 23.9 Å². The number of anilines is 1. The molecule has 3 aromatic carbocycles. The fraction of sp³-hybridized carbons (Fsp3) is 0.394. The molecule has 1 aliphatic carbocycles. The van der Waals surface area contributed by atoms with Crippen molar-refractivity contribution in [3.05, 3.63) is 89.7 Å². The van der Waals surface area contributed by atoms with Gasteiger partial charge in [-0.2, -0.15) is 0 Å². The second-order valence-electron chi connectivity index (χ2n) is 11.3. The smallest absolute Gasteiger partial charge is 0.243 e. The first-order valence-electron chi connectivity index (χ1n) is 14.9. The Bertz CT molecular complexity index is 1560. The van der Waals surface area contributed by atoms with Crippen molar-refractivity contribution in [3.8, 4) is 11.5 Å². The Morgan fingerprint density at radius 1 is 0.977 bits per heavy atom. The van der Waals surface area contributed by atoms with Gasteiger partial charge in [0.2, 0.25) is 28.6 Å². The normalized spacial score (nSPS) is 15.1. The lowest BCUT2D eigenvalue weighted by molar-refractivity contribution is -0.141. The van der Waals surface area contributed by atoms with Crippen LogP contribution in [0.25, 0.3) is 0 Å². The summed E-state index contributed by atoms with van der Waals surface area (Å²) in [7, 11) is -3.69. The summed E-state index contributed by atoms with van der Waals surface area (Å²) in [5, 5.41) is 3.13. The monoisotopic (exact) mass is 623 g/mol. The molecule has 0 bridgehead atoms. The quantitative estimate of drug-likeness (QED) is 0.293. The van der Waals surface area contributed by atoms with Gasteiger partial charge in [-0.05, 0) is 43.0 Å². The van der Waals surface area contributed by atoms with Gasteiger partial charge in [-0.3, -0.25) is 13.9 Å². The molecule has 5 rings (SSSR count). The van der Waals surface area contributed by atoms with Crippen molar-refractivity contribution in [1.29, 1.82) is 0 Å². The maximum atomic E-state index is 14.9. The molecule has 0 saturated heterocycles. The van der Waals surface area contributed by atoms with Gasteiger partial charge in [-0.1, -0.05) is 61.4 Å². The minimum atomic E-state index is -3.69. The predicted molar refractivity (Wildman–Crippen MR) is 165 cm³/mol. The zero-order valence-electron chi connectivity index (χ0n) is 24.8. The number of rotatable bonds is 13. The van der Waals surface area contributed by atoms with Crippen LogP contribution in [0.5, 0.6) is 11.5 Å². The Morgan fingerprint density at radius 3 is 2.41 bits per heavy atom. The minimum absolute atomic E-state index is 0.0232. The molecule has 1 atom stereocenters. The first kappa shape index (κ1) is 31.3. The highest BCUT2D eigenvalue weighted by atomic mass is 32.2. The molecule has 11 heteroatoms. The zero-order valence-corrected chi connectivity index (χ0v) is 25.6. The van der Waals surface area contributed by atoms with Crippen LogP contribution in [0.3, 0.4) is 0 Å². The molecule has 0 spiro atoms. The number of nitrogens with zero attached hydrogens (tertiary/aromatic N) is 2. The third-order valence-electron chi connectivity index (χ3n) is 8.07. The van der Waals surface area contributed by atoms with Crippen LogP contribution in [-0.2, 0) is 32.6 Å². The van der Waals surface area contributed by atoms with Crippen LogP contribution in [0, 0.1) is 5.82 Å². The van der Waals surface area contributed by atoms with Crippen molar-refractivity contribution < 1.29 is 31.9 Å². The summed E-state index contributed by atoms with van der Waals surface area (Å²) in [5.41, 5.74) is 1.56. The number of benzene rings is 3. The molecule has 0 radical (unpaired) electrons. The van der Waals surface area contributed by atoms with Crippen LogP contribution in [0.2, 0.25) is 0 Å². The first-order chi connectivity index (χ1) is 21.2. The van der Waals surface area contributed by atoms with Crippen LogP contribution in [0.1, 0.15) is 49.7 Å². The summed E-state index contributed by atoms with van der Waals surface area (Å²) in [6.07, 6.45) is 5.32. The highest BCUT2D eigenvalue weighted by Gasteiger charge is 2.33. The van der Waals surface area contributed by atoms with Gasteiger partial charge in [-0.25, -0.2) is 12.8 Å². The van der Waals surface area contributed by atoms with Crippen LogP contribution >= 0.6 is 0 Å². The van der Waals surface area contributed by atoms with Crippen LogP contribution < -0.4 is 19.1 Å². The van der Waals surface area contributed by atoms with E-state index in [0.717, 1.165) is 37.5 Å². The van der Waals surface area contributed by atoms with Crippen molar-refractivity contribution in [2.45, 2.75) is 63.6 Å². The largest absolute Gasteiger partial charge is 0.454 e. The van der Waals surface area contributed by atoms with Crippen molar-refractivity contribution in [1.82, 2.24) is 10.2 Å². The molecule has 3 aromatic rings. The topological polar surface area (TPSA) is 105 Å². The molecule has 1 fully saturated rings. The van der Waals surface area contributed by atoms with E-state index in [1.807, 2.05) is 30.3 Å². The fourth-order valence-corrected chi connectivity index (χ4v) is 6.73. The summed E-state index contributed by atoms with van der Waals surface area (Å²) in [6.45, 7) is -0.0170. The number of ether oxygens (including phenoxy) is 2. The first-order valence-corrected chi connectivity index (χ1v) is 16.8. The maximum absolute atomic E-state index is 14.9. The van der Waals surface area contributed by atoms with Gasteiger partial charge in [0.05, 0.1) is 11.9 Å². The average molecular weight is 624 g/mol. The maximum Gasteiger partial charge on any atom is 0.243 e. The fourth-order valence-electron chi connectivity index (χ4n) is 5.78. The lowest BCUT2D eigenvalue weighted by atomic mass is 10.0. The number of carbonyl (C=O) groups excluding carboxylic acids is 2. The van der Waals surface area contributed by atoms with E-state index in [9.17, 15) is 22.4 Å². The lowest BCUT2D eigenvalue weighted by Gasteiger charge is -2.33. The number of carbonyl (C=O) groups is 2. The second kappa shape index (κ2) is 14.1. The third-order valence-corrected chi connectivity index (χ3v) is 9.26. The average Bonchev–Trinajstić information content (AvgIpc) is 3.69. The number of halogens is 1. The minimum Gasteiger partial charge on any atom is -0.454 e. The molecule has 1 N–H and O–H groups in total. The molecule has 2 aliphatic rings. The summed E-state index contributed by atoms with van der Waals surface area (Å²) in [4.78, 5) is 29.2. The number of hydrogen-bond donors (Lipinski definition) is 1. The van der Waals surface area contributed by atoms with Crippen LogP contribution in [0.4, 0.5) is 10.1 Å². The molecule has 1 heterocycles. The Labute approximate surface area is 258 Å². The Balaban J connectivity index is 1.38. The number of hydrogen-bond acceptors (Lipinski definition) is 6. The number of amides is 2. The highest BCUT2D eigenvalue weighted by molar-refractivity contribution is 7.92. The number of nitrogens with one attached hydrogen (secondary N) is 1. The van der Waals surface area contributed by atoms with E-state index < -0.39 is 21.9 Å². The van der Waals surface area contributed by atoms with E-state index in [1.54, 1.807) is 36.4 Å². The third kappa shape index (κ3) is 7.88. The highest BCUT2D eigenvalue weighted by Crippen LogP contribution is 2.36. The number of fused-ring (bicyclic) bond motifs is 1. The van der Waals surface area contributed by atoms with E-state index in [2.05, 4.69) is 5.32 Å². The van der Waals surface area contributed by atoms with Crippen LogP contribution in [-0.4, -0.2) is 56.8 Å². The lowest BCUT2D eigenvalue weighted by Crippen LogP contribution is -2.52. The van der Waals surface area contributed by atoms with Gasteiger partial charge in [-0.15, -0.1) is 0 Å². The van der Waals surface area contributed by atoms with Crippen molar-refractivity contribution in [2.24, 2.45) is 0 Å². The van der Waals surface area contributed by atoms with Crippen LogP contribution in [0.15, 0.2) is 72.8 Å². The van der Waals surface area contributed by atoms with E-state index >= 15 is 0 Å². The van der Waals surface area contributed by atoms with Gasteiger partial charge in [0.15, 0.2) is 11.5 Å². The van der Waals surface area contributed by atoms with Gasteiger partial charge in [0.25, 0.3) is 0 Å². The van der Waals surface area contributed by atoms with Gasteiger partial charge in [0.1, 0.15) is 11.9 Å². The molecule has 44 heavy (non-hydrogen) atoms. The Kier molecular flexibility index (Phi) is 10.0. The Morgan fingerprint density at radius 2 is 1.68 bits per heavy atom. The van der Waals surface area contributed by atoms with E-state index in [-0.39, 0.29) is 57.0 Å². The molecular formula is C33H38FN3O6S. The molecular weight excluding hydrogens is 585 g/mol. The van der Waals surface area contributed by atoms with Crippen molar-refractivity contribution >= 4 is 27.5 Å². The molecule has 1 saturated carbocycles. The predicted octanol–water partition coefficient (Wildman–Crippen LogP) is 4.80. The van der Waals surface area contributed by atoms with E-state index in [4.69, 9.17) is 9.47 Å². The summed E-state index contributed by atoms with van der Waals surface area (Å²) < 4.78 is 52.3. The van der Waals surface area contributed by atoms with Gasteiger partial charge < -0.3 is 19.7 Å². The molecule has 9 nitrogen and oxygen atoms in total. The standard InChI is InChI=1S/C33H38FN3O6S/c1-44(40,41)37(27-17-18-30-31(21-27)43-23-42-30)19-9-16-32(38)36(22-25-12-5-8-15-28(25)34)29(20-24-10-3-2-4-11-24)33(39)35-26-13-6-7-14-26/h2-5,8,10-12,15,17-18,21,26,29H,6-7,9,13-14,16,19-20,22-23H2,1H3,(H,35,39). The number of sulfonamides is 1. The summed E-state index contributed by atoms with van der Waals surface area (Å²) >= 11 is 0. The zero-order chi connectivity index (χ0) is 31.1. The SMILES string of the molecule is CS(=O)(=O)N(CCCC(=O)N(Cc1ccccc1F)C(Cc1ccccc1)C(=O)NC1CCCC1)c1ccc2c(c1)OCO2. The Hall–Kier alpha value is -4.12. The molecule has 1 aliphatic heterocycles. The molecule has 1 unspecified atom stereocenters. The van der Waals surface area contributed by atoms with E-state index in [1.165, 1.54) is 15.3 Å². The van der Waals surface area contributed by atoms with Gasteiger partial charge in [0, 0.05) is 43.6 Å².